The molecular weight excluding hydrogens is 134 g/mol. The van der Waals surface area contributed by atoms with Crippen LogP contribution < -0.4 is 5.73 Å². The molecule has 62 valence electrons. The first-order chi connectivity index (χ1) is 4.93. The molecule has 0 saturated heterocycles. The Labute approximate surface area is 68.7 Å². The average Bonchev–Trinajstić information content (AvgIpc) is 2.14. The van der Waals surface area contributed by atoms with E-state index in [-0.39, 0.29) is 11.0 Å². The third-order valence-corrected chi connectivity index (χ3v) is 3.76. The van der Waals surface area contributed by atoms with Gasteiger partial charge in [0, 0.05) is 11.0 Å². The standard InChI is InChI=1S/C10H17N/c1-9(2,11)10(3)6-7-4-8(10)5-7/h6,8H,4-5,11H2,1-3H3. The molecule has 0 amide bonds. The summed E-state index contributed by atoms with van der Waals surface area (Å²) in [7, 11) is 0. The Morgan fingerprint density at radius 3 is 2.27 bits per heavy atom. The van der Waals surface area contributed by atoms with Gasteiger partial charge in [-0.25, -0.2) is 0 Å². The smallest absolute Gasteiger partial charge is 0.0189 e. The van der Waals surface area contributed by atoms with Crippen LogP contribution in [0.1, 0.15) is 33.6 Å². The van der Waals surface area contributed by atoms with Gasteiger partial charge in [0.25, 0.3) is 0 Å². The fraction of sp³-hybridized carbons (Fsp3) is 0.800. The van der Waals surface area contributed by atoms with Crippen LogP contribution in [0.25, 0.3) is 0 Å². The van der Waals surface area contributed by atoms with E-state index in [4.69, 9.17) is 5.73 Å². The van der Waals surface area contributed by atoms with Crippen molar-refractivity contribution >= 4 is 0 Å². The van der Waals surface area contributed by atoms with Crippen LogP contribution in [0, 0.1) is 11.3 Å². The van der Waals surface area contributed by atoms with Crippen molar-refractivity contribution in [3.05, 3.63) is 11.6 Å². The fourth-order valence-corrected chi connectivity index (χ4v) is 2.37. The minimum absolute atomic E-state index is 0.0457. The first-order valence-electron chi connectivity index (χ1n) is 4.43. The molecule has 1 heteroatoms. The molecule has 0 radical (unpaired) electrons. The molecule has 1 atom stereocenters. The van der Waals surface area contributed by atoms with Gasteiger partial charge in [-0.15, -0.1) is 0 Å². The summed E-state index contributed by atoms with van der Waals surface area (Å²) < 4.78 is 0. The Kier molecular flexibility index (Phi) is 1.15. The molecule has 2 bridgehead atoms. The van der Waals surface area contributed by atoms with Crippen LogP contribution in [0.4, 0.5) is 0 Å². The van der Waals surface area contributed by atoms with Gasteiger partial charge in [0.1, 0.15) is 0 Å². The van der Waals surface area contributed by atoms with Gasteiger partial charge in [-0.3, -0.25) is 0 Å². The zero-order valence-corrected chi connectivity index (χ0v) is 7.65. The van der Waals surface area contributed by atoms with Crippen LogP contribution in [-0.4, -0.2) is 5.54 Å². The molecule has 11 heavy (non-hydrogen) atoms. The Morgan fingerprint density at radius 2 is 2.09 bits per heavy atom. The molecular formula is C10H17N. The van der Waals surface area contributed by atoms with Crippen LogP contribution in [-0.2, 0) is 0 Å². The summed E-state index contributed by atoms with van der Waals surface area (Å²) in [6.45, 7) is 6.59. The SMILES string of the molecule is CC(C)(N)C1(C)C=C2CC1C2. The van der Waals surface area contributed by atoms with E-state index in [1.807, 2.05) is 0 Å². The van der Waals surface area contributed by atoms with Crippen LogP contribution in [0.3, 0.4) is 0 Å². The van der Waals surface area contributed by atoms with Gasteiger partial charge in [-0.2, -0.15) is 0 Å². The lowest BCUT2D eigenvalue weighted by Gasteiger charge is -2.42. The van der Waals surface area contributed by atoms with Crippen molar-refractivity contribution in [2.45, 2.75) is 39.2 Å². The highest BCUT2D eigenvalue weighted by molar-refractivity contribution is 5.33. The topological polar surface area (TPSA) is 26.0 Å². The van der Waals surface area contributed by atoms with Crippen molar-refractivity contribution in [3.8, 4) is 0 Å². The van der Waals surface area contributed by atoms with Crippen LogP contribution in [0.5, 0.6) is 0 Å². The van der Waals surface area contributed by atoms with Crippen LogP contribution in [0.15, 0.2) is 11.6 Å². The Morgan fingerprint density at radius 1 is 1.55 bits per heavy atom. The Hall–Kier alpha value is -0.300. The van der Waals surface area contributed by atoms with Crippen molar-refractivity contribution in [2.24, 2.45) is 17.1 Å². The number of nitrogens with two attached hydrogens (primary N) is 1. The largest absolute Gasteiger partial charge is 0.325 e. The quantitative estimate of drug-likeness (QED) is 0.570. The average molecular weight is 151 g/mol. The summed E-state index contributed by atoms with van der Waals surface area (Å²) >= 11 is 0. The second-order valence-corrected chi connectivity index (χ2v) is 4.91. The second kappa shape index (κ2) is 1.71. The minimum atomic E-state index is -0.0457. The van der Waals surface area contributed by atoms with Gasteiger partial charge in [-0.05, 0) is 32.6 Å². The van der Waals surface area contributed by atoms with E-state index in [1.165, 1.54) is 12.8 Å². The molecule has 0 heterocycles. The van der Waals surface area contributed by atoms with Gasteiger partial charge < -0.3 is 5.73 Å². The number of allylic oxidation sites excluding steroid dienone is 1. The third-order valence-electron chi connectivity index (χ3n) is 3.76. The first-order valence-corrected chi connectivity index (χ1v) is 4.43. The number of hydrogen-bond donors (Lipinski definition) is 1. The molecule has 1 fully saturated rings. The van der Waals surface area contributed by atoms with Crippen molar-refractivity contribution in [1.29, 1.82) is 0 Å². The highest BCUT2D eigenvalue weighted by Gasteiger charge is 2.52. The monoisotopic (exact) mass is 151 g/mol. The summed E-state index contributed by atoms with van der Waals surface area (Å²) in [4.78, 5) is 0. The lowest BCUT2D eigenvalue weighted by molar-refractivity contribution is 0.148. The summed E-state index contributed by atoms with van der Waals surface area (Å²) in [5, 5.41) is 0. The molecule has 0 aromatic rings. The molecule has 0 spiro atoms. The number of hydrogen-bond acceptors (Lipinski definition) is 1. The molecule has 0 aromatic carbocycles. The third kappa shape index (κ3) is 0.750. The van der Waals surface area contributed by atoms with Crippen molar-refractivity contribution in [1.82, 2.24) is 0 Å². The molecule has 2 N–H and O–H groups in total. The van der Waals surface area contributed by atoms with Gasteiger partial charge in [0.05, 0.1) is 0 Å². The highest BCUT2D eigenvalue weighted by atomic mass is 14.8. The molecule has 1 unspecified atom stereocenters. The van der Waals surface area contributed by atoms with E-state index in [0.717, 1.165) is 5.92 Å². The second-order valence-electron chi connectivity index (χ2n) is 4.91. The zero-order chi connectivity index (χ0) is 8.28. The van der Waals surface area contributed by atoms with Gasteiger partial charge in [-0.1, -0.05) is 18.6 Å². The van der Waals surface area contributed by atoms with E-state index >= 15 is 0 Å². The van der Waals surface area contributed by atoms with Crippen LogP contribution in [0.2, 0.25) is 0 Å². The lowest BCUT2D eigenvalue weighted by atomic mass is 9.65. The maximum absolute atomic E-state index is 6.15. The molecule has 0 aromatic heterocycles. The summed E-state index contributed by atoms with van der Waals surface area (Å²) in [6, 6.07) is 0. The molecule has 1 saturated carbocycles. The van der Waals surface area contributed by atoms with Crippen molar-refractivity contribution in [2.75, 3.05) is 0 Å². The summed E-state index contributed by atoms with van der Waals surface area (Å²) in [6.07, 6.45) is 5.05. The van der Waals surface area contributed by atoms with Gasteiger partial charge in [0.15, 0.2) is 0 Å². The molecule has 3 aliphatic carbocycles. The maximum atomic E-state index is 6.15. The minimum Gasteiger partial charge on any atom is -0.325 e. The maximum Gasteiger partial charge on any atom is 0.0189 e. The van der Waals surface area contributed by atoms with Crippen LogP contribution >= 0.6 is 0 Å². The summed E-state index contributed by atoms with van der Waals surface area (Å²) in [5.74, 6) is 0.845. The van der Waals surface area contributed by atoms with Gasteiger partial charge in [0.2, 0.25) is 0 Å². The molecule has 3 aliphatic rings. The first kappa shape index (κ1) is 7.35. The van der Waals surface area contributed by atoms with Crippen molar-refractivity contribution in [3.63, 3.8) is 0 Å². The predicted octanol–water partition coefficient (Wildman–Crippen LogP) is 2.08. The number of rotatable bonds is 1. The fourth-order valence-electron chi connectivity index (χ4n) is 2.37. The van der Waals surface area contributed by atoms with E-state index in [9.17, 15) is 0 Å². The zero-order valence-electron chi connectivity index (χ0n) is 7.65. The Balaban J connectivity index is 2.32. The lowest BCUT2D eigenvalue weighted by Crippen LogP contribution is -2.50. The predicted molar refractivity (Wildman–Crippen MR) is 47.2 cm³/mol. The Bertz CT molecular complexity index is 214. The molecule has 0 aliphatic heterocycles. The summed E-state index contributed by atoms with van der Waals surface area (Å²) in [5.41, 5.74) is 8.02. The highest BCUT2D eigenvalue weighted by Crippen LogP contribution is 2.58. The molecule has 1 nitrogen and oxygen atoms in total. The van der Waals surface area contributed by atoms with Crippen molar-refractivity contribution < 1.29 is 0 Å². The van der Waals surface area contributed by atoms with E-state index < -0.39 is 0 Å². The molecule has 3 rings (SSSR count). The normalized spacial score (nSPS) is 41.8. The number of fused-ring (bicyclic) bond motifs is 1. The van der Waals surface area contributed by atoms with E-state index in [0.29, 0.717) is 0 Å². The van der Waals surface area contributed by atoms with E-state index in [2.05, 4.69) is 26.8 Å². The van der Waals surface area contributed by atoms with Gasteiger partial charge >= 0.3 is 0 Å². The van der Waals surface area contributed by atoms with E-state index in [1.54, 1.807) is 5.57 Å².